The number of carbonyl (C=O) groups is 2. The molecule has 5 heteroatoms. The second-order valence-corrected chi connectivity index (χ2v) is 5.84. The average Bonchev–Trinajstić information content (AvgIpc) is 2.48. The number of carboxylic acids is 1. The second-order valence-electron chi connectivity index (χ2n) is 5.84. The van der Waals surface area contributed by atoms with Crippen LogP contribution >= 0.6 is 0 Å². The molecule has 0 spiro atoms. The van der Waals surface area contributed by atoms with E-state index in [1.165, 1.54) is 0 Å². The molecular weight excluding hydrogens is 280 g/mol. The number of rotatable bonds is 10. The fraction of sp³-hybridized carbons (Fsp3) is 0.529. The van der Waals surface area contributed by atoms with E-state index in [4.69, 9.17) is 5.11 Å². The molecule has 0 saturated carbocycles. The van der Waals surface area contributed by atoms with Crippen molar-refractivity contribution in [2.24, 2.45) is 5.92 Å². The van der Waals surface area contributed by atoms with E-state index in [0.717, 1.165) is 12.0 Å². The lowest BCUT2D eigenvalue weighted by Crippen LogP contribution is -2.45. The molecule has 122 valence electrons. The molecule has 0 saturated heterocycles. The third kappa shape index (κ3) is 7.78. The molecule has 0 aromatic heterocycles. The van der Waals surface area contributed by atoms with Crippen molar-refractivity contribution in [2.45, 2.75) is 45.7 Å². The summed E-state index contributed by atoms with van der Waals surface area (Å²) in [6.45, 7) is 5.17. The monoisotopic (exact) mass is 306 g/mol. The van der Waals surface area contributed by atoms with Crippen molar-refractivity contribution >= 4 is 11.9 Å². The highest BCUT2D eigenvalue weighted by Crippen LogP contribution is 2.06. The molecule has 1 amide bonds. The Morgan fingerprint density at radius 1 is 1.18 bits per heavy atom. The molecule has 0 radical (unpaired) electrons. The van der Waals surface area contributed by atoms with Crippen LogP contribution in [-0.2, 0) is 16.1 Å². The topological polar surface area (TPSA) is 78.4 Å². The zero-order valence-electron chi connectivity index (χ0n) is 13.3. The summed E-state index contributed by atoms with van der Waals surface area (Å²) >= 11 is 0. The normalized spacial score (nSPS) is 12.1. The minimum atomic E-state index is -0.810. The number of carboxylic acid groups (broad SMARTS) is 1. The molecule has 3 N–H and O–H groups in total. The van der Waals surface area contributed by atoms with Crippen molar-refractivity contribution in [1.82, 2.24) is 10.6 Å². The van der Waals surface area contributed by atoms with E-state index in [0.29, 0.717) is 25.4 Å². The van der Waals surface area contributed by atoms with E-state index in [-0.39, 0.29) is 18.4 Å². The third-order valence-corrected chi connectivity index (χ3v) is 3.29. The Bertz CT molecular complexity index is 460. The zero-order valence-corrected chi connectivity index (χ0v) is 13.3. The molecule has 0 aliphatic heterocycles. The largest absolute Gasteiger partial charge is 0.481 e. The molecule has 22 heavy (non-hydrogen) atoms. The summed E-state index contributed by atoms with van der Waals surface area (Å²) in [5.74, 6) is -0.455. The van der Waals surface area contributed by atoms with Crippen LogP contribution in [0.4, 0.5) is 0 Å². The van der Waals surface area contributed by atoms with Gasteiger partial charge in [0.15, 0.2) is 0 Å². The van der Waals surface area contributed by atoms with Gasteiger partial charge in [0.25, 0.3) is 0 Å². The van der Waals surface area contributed by atoms with Gasteiger partial charge in [-0.15, -0.1) is 0 Å². The smallest absolute Gasteiger partial charge is 0.303 e. The molecule has 5 nitrogen and oxygen atoms in total. The second kappa shape index (κ2) is 9.95. The lowest BCUT2D eigenvalue weighted by atomic mass is 10.0. The van der Waals surface area contributed by atoms with E-state index in [2.05, 4.69) is 24.5 Å². The number of benzene rings is 1. The molecule has 1 aromatic rings. The molecule has 1 rings (SSSR count). The van der Waals surface area contributed by atoms with Gasteiger partial charge in [-0.2, -0.15) is 0 Å². The van der Waals surface area contributed by atoms with Gasteiger partial charge in [0.2, 0.25) is 5.91 Å². The Morgan fingerprint density at radius 2 is 1.86 bits per heavy atom. The third-order valence-electron chi connectivity index (χ3n) is 3.29. The first kappa shape index (κ1) is 18.2. The standard InChI is InChI=1S/C17H26N2O3/c1-13(2)11-15(18-10-6-9-16(20)21)17(22)19-12-14-7-4-3-5-8-14/h3-5,7-8,13,15,18H,6,9-12H2,1-2H3,(H,19,22)(H,20,21)/t15-/m0/s1. The van der Waals surface area contributed by atoms with Crippen molar-refractivity contribution in [3.05, 3.63) is 35.9 Å². The summed E-state index contributed by atoms with van der Waals surface area (Å²) in [4.78, 5) is 22.8. The minimum absolute atomic E-state index is 0.0344. The molecule has 0 unspecified atom stereocenters. The van der Waals surface area contributed by atoms with Crippen LogP contribution in [0.2, 0.25) is 0 Å². The summed E-state index contributed by atoms with van der Waals surface area (Å²) < 4.78 is 0. The Balaban J connectivity index is 2.43. The van der Waals surface area contributed by atoms with Gasteiger partial charge in [0, 0.05) is 13.0 Å². The number of hydrogen-bond acceptors (Lipinski definition) is 3. The first-order valence-corrected chi connectivity index (χ1v) is 7.76. The Hall–Kier alpha value is -1.88. The van der Waals surface area contributed by atoms with Crippen LogP contribution in [0.25, 0.3) is 0 Å². The van der Waals surface area contributed by atoms with Crippen molar-refractivity contribution < 1.29 is 14.7 Å². The van der Waals surface area contributed by atoms with Crippen LogP contribution in [-0.4, -0.2) is 29.6 Å². The van der Waals surface area contributed by atoms with Crippen LogP contribution in [0.3, 0.4) is 0 Å². The fourth-order valence-corrected chi connectivity index (χ4v) is 2.18. The zero-order chi connectivity index (χ0) is 16.4. The quantitative estimate of drug-likeness (QED) is 0.579. The highest BCUT2D eigenvalue weighted by molar-refractivity contribution is 5.81. The van der Waals surface area contributed by atoms with E-state index in [1.54, 1.807) is 0 Å². The maximum Gasteiger partial charge on any atom is 0.303 e. The molecule has 0 aliphatic carbocycles. The van der Waals surface area contributed by atoms with E-state index in [1.807, 2.05) is 30.3 Å². The summed E-state index contributed by atoms with van der Waals surface area (Å²) in [6, 6.07) is 9.49. The van der Waals surface area contributed by atoms with Gasteiger partial charge >= 0.3 is 5.97 Å². The summed E-state index contributed by atoms with van der Waals surface area (Å²) in [5, 5.41) is 14.7. The van der Waals surface area contributed by atoms with Gasteiger partial charge in [0.05, 0.1) is 6.04 Å². The number of carbonyl (C=O) groups excluding carboxylic acids is 1. The number of amides is 1. The van der Waals surface area contributed by atoms with Crippen molar-refractivity contribution in [3.8, 4) is 0 Å². The SMILES string of the molecule is CC(C)C[C@H](NCCCC(=O)O)C(=O)NCc1ccccc1. The number of aliphatic carboxylic acids is 1. The average molecular weight is 306 g/mol. The minimum Gasteiger partial charge on any atom is -0.481 e. The summed E-state index contributed by atoms with van der Waals surface area (Å²) in [6.07, 6.45) is 1.37. The Kier molecular flexibility index (Phi) is 8.22. The number of hydrogen-bond donors (Lipinski definition) is 3. The van der Waals surface area contributed by atoms with Gasteiger partial charge in [-0.3, -0.25) is 9.59 Å². The summed E-state index contributed by atoms with van der Waals surface area (Å²) in [7, 11) is 0. The van der Waals surface area contributed by atoms with Crippen molar-refractivity contribution in [3.63, 3.8) is 0 Å². The van der Waals surface area contributed by atoms with E-state index >= 15 is 0 Å². The first-order valence-electron chi connectivity index (χ1n) is 7.76. The molecule has 0 heterocycles. The molecule has 0 aliphatic rings. The van der Waals surface area contributed by atoms with Crippen molar-refractivity contribution in [2.75, 3.05) is 6.54 Å². The van der Waals surface area contributed by atoms with Crippen LogP contribution in [0.1, 0.15) is 38.7 Å². The molecule has 0 fully saturated rings. The first-order chi connectivity index (χ1) is 10.5. The summed E-state index contributed by atoms with van der Waals surface area (Å²) in [5.41, 5.74) is 1.06. The van der Waals surface area contributed by atoms with Crippen LogP contribution < -0.4 is 10.6 Å². The van der Waals surface area contributed by atoms with Gasteiger partial charge in [-0.25, -0.2) is 0 Å². The maximum atomic E-state index is 12.3. The van der Waals surface area contributed by atoms with Gasteiger partial charge < -0.3 is 15.7 Å². The van der Waals surface area contributed by atoms with Crippen LogP contribution in [0.15, 0.2) is 30.3 Å². The van der Waals surface area contributed by atoms with Crippen LogP contribution in [0.5, 0.6) is 0 Å². The predicted molar refractivity (Wildman–Crippen MR) is 86.4 cm³/mol. The highest BCUT2D eigenvalue weighted by atomic mass is 16.4. The Labute approximate surface area is 132 Å². The van der Waals surface area contributed by atoms with Crippen molar-refractivity contribution in [1.29, 1.82) is 0 Å². The van der Waals surface area contributed by atoms with Gasteiger partial charge in [-0.1, -0.05) is 44.2 Å². The van der Waals surface area contributed by atoms with Crippen LogP contribution in [0, 0.1) is 5.92 Å². The number of nitrogens with one attached hydrogen (secondary N) is 2. The lowest BCUT2D eigenvalue weighted by molar-refractivity contribution is -0.137. The highest BCUT2D eigenvalue weighted by Gasteiger charge is 2.18. The fourth-order valence-electron chi connectivity index (χ4n) is 2.18. The van der Waals surface area contributed by atoms with E-state index < -0.39 is 5.97 Å². The van der Waals surface area contributed by atoms with Gasteiger partial charge in [-0.05, 0) is 30.9 Å². The predicted octanol–water partition coefficient (Wildman–Crippen LogP) is 2.17. The maximum absolute atomic E-state index is 12.3. The van der Waals surface area contributed by atoms with E-state index in [9.17, 15) is 9.59 Å². The molecule has 0 bridgehead atoms. The Morgan fingerprint density at radius 3 is 2.45 bits per heavy atom. The molecule has 1 aromatic carbocycles. The lowest BCUT2D eigenvalue weighted by Gasteiger charge is -2.20. The van der Waals surface area contributed by atoms with Gasteiger partial charge in [0.1, 0.15) is 0 Å². The molecular formula is C17H26N2O3. The molecule has 1 atom stereocenters.